The van der Waals surface area contributed by atoms with E-state index >= 15 is 0 Å². The summed E-state index contributed by atoms with van der Waals surface area (Å²) in [4.78, 5) is 3.23. The van der Waals surface area contributed by atoms with Crippen LogP contribution < -0.4 is 0 Å². The Hall–Kier alpha value is -0.770. The van der Waals surface area contributed by atoms with E-state index < -0.39 is 17.9 Å². The average Bonchev–Trinajstić information content (AvgIpc) is 2.00. The number of halogens is 4. The van der Waals surface area contributed by atoms with E-state index in [1.165, 1.54) is 6.92 Å². The lowest BCUT2D eigenvalue weighted by Crippen LogP contribution is -1.97. The lowest BCUT2D eigenvalue weighted by Gasteiger charge is -2.03. The summed E-state index contributed by atoms with van der Waals surface area (Å²) in [7, 11) is 0. The van der Waals surface area contributed by atoms with Gasteiger partial charge in [-0.3, -0.25) is 4.98 Å². The molecule has 1 heterocycles. The van der Waals surface area contributed by atoms with Crippen molar-refractivity contribution in [2.45, 2.75) is 13.3 Å². The summed E-state index contributed by atoms with van der Waals surface area (Å²) in [6, 6.07) is 0. The highest BCUT2D eigenvalue weighted by Crippen LogP contribution is 2.26. The predicted octanol–water partition coefficient (Wildman–Crippen LogP) is 3.12. The van der Waals surface area contributed by atoms with E-state index in [0.717, 1.165) is 6.20 Å². The zero-order valence-electron chi connectivity index (χ0n) is 6.11. The second-order valence-electron chi connectivity index (χ2n) is 2.26. The van der Waals surface area contributed by atoms with Gasteiger partial charge in [0.1, 0.15) is 5.69 Å². The number of nitrogens with zero attached hydrogens (tertiary/aromatic N) is 1. The SMILES string of the molecule is Cc1cnc(C(F)F)c(F)c1Cl. The molecule has 5 heteroatoms. The van der Waals surface area contributed by atoms with Crippen LogP contribution in [0.1, 0.15) is 17.7 Å². The molecular formula is C7H5ClF3N. The van der Waals surface area contributed by atoms with Crippen molar-refractivity contribution in [2.75, 3.05) is 0 Å². The summed E-state index contributed by atoms with van der Waals surface area (Å²) in [6.45, 7) is 1.49. The summed E-state index contributed by atoms with van der Waals surface area (Å²) in [5.41, 5.74) is -0.552. The summed E-state index contributed by atoms with van der Waals surface area (Å²) in [6.07, 6.45) is -1.81. The van der Waals surface area contributed by atoms with Crippen LogP contribution in [0.25, 0.3) is 0 Å². The fraction of sp³-hybridized carbons (Fsp3) is 0.286. The first kappa shape index (κ1) is 9.32. The maximum atomic E-state index is 12.8. The maximum Gasteiger partial charge on any atom is 0.283 e. The molecule has 0 aliphatic heterocycles. The maximum absolute atomic E-state index is 12.8. The smallest absolute Gasteiger partial charge is 0.252 e. The van der Waals surface area contributed by atoms with Gasteiger partial charge in [0.05, 0.1) is 5.02 Å². The Morgan fingerprint density at radius 3 is 2.58 bits per heavy atom. The van der Waals surface area contributed by atoms with Gasteiger partial charge in [-0.2, -0.15) is 0 Å². The number of aryl methyl sites for hydroxylation is 1. The van der Waals surface area contributed by atoms with Crippen molar-refractivity contribution in [1.82, 2.24) is 4.98 Å². The van der Waals surface area contributed by atoms with Crippen molar-refractivity contribution in [1.29, 1.82) is 0 Å². The van der Waals surface area contributed by atoms with Crippen LogP contribution in [0.3, 0.4) is 0 Å². The van der Waals surface area contributed by atoms with Crippen LogP contribution in [0.5, 0.6) is 0 Å². The highest BCUT2D eigenvalue weighted by molar-refractivity contribution is 6.31. The van der Waals surface area contributed by atoms with E-state index in [1.54, 1.807) is 0 Å². The van der Waals surface area contributed by atoms with Gasteiger partial charge in [0.25, 0.3) is 6.43 Å². The fourth-order valence-corrected chi connectivity index (χ4v) is 0.863. The third-order valence-electron chi connectivity index (χ3n) is 1.37. The third-order valence-corrected chi connectivity index (χ3v) is 1.83. The van der Waals surface area contributed by atoms with E-state index in [-0.39, 0.29) is 5.02 Å². The normalized spacial score (nSPS) is 10.8. The van der Waals surface area contributed by atoms with Crippen LogP contribution in [-0.2, 0) is 0 Å². The molecular weight excluding hydrogens is 191 g/mol. The van der Waals surface area contributed by atoms with Crippen molar-refractivity contribution < 1.29 is 13.2 Å². The van der Waals surface area contributed by atoms with Gasteiger partial charge in [-0.25, -0.2) is 13.2 Å². The minimum atomic E-state index is -2.93. The monoisotopic (exact) mass is 195 g/mol. The summed E-state index contributed by atoms with van der Waals surface area (Å²) in [5, 5.41) is -0.291. The summed E-state index contributed by atoms with van der Waals surface area (Å²) >= 11 is 5.38. The molecule has 66 valence electrons. The highest BCUT2D eigenvalue weighted by Gasteiger charge is 2.18. The first-order valence-electron chi connectivity index (χ1n) is 3.12. The number of rotatable bonds is 1. The third kappa shape index (κ3) is 1.53. The van der Waals surface area contributed by atoms with Crippen molar-refractivity contribution in [3.63, 3.8) is 0 Å². The molecule has 0 aliphatic carbocycles. The minimum Gasteiger partial charge on any atom is -0.252 e. The van der Waals surface area contributed by atoms with Crippen molar-refractivity contribution in [3.8, 4) is 0 Å². The first-order chi connectivity index (χ1) is 5.54. The second-order valence-corrected chi connectivity index (χ2v) is 2.63. The Kier molecular flexibility index (Phi) is 2.57. The van der Waals surface area contributed by atoms with E-state index in [1.807, 2.05) is 0 Å². The molecule has 0 atom stereocenters. The number of pyridine rings is 1. The molecule has 0 radical (unpaired) electrons. The Morgan fingerprint density at radius 2 is 2.08 bits per heavy atom. The first-order valence-corrected chi connectivity index (χ1v) is 3.50. The molecule has 0 aromatic carbocycles. The number of aromatic nitrogens is 1. The van der Waals surface area contributed by atoms with Gasteiger partial charge in [-0.15, -0.1) is 0 Å². The Labute approximate surface area is 72.2 Å². The average molecular weight is 196 g/mol. The Bertz CT molecular complexity index is 301. The Balaban J connectivity index is 3.27. The largest absolute Gasteiger partial charge is 0.283 e. The lowest BCUT2D eigenvalue weighted by molar-refractivity contribution is 0.140. The highest BCUT2D eigenvalue weighted by atomic mass is 35.5. The lowest BCUT2D eigenvalue weighted by atomic mass is 10.2. The molecule has 0 N–H and O–H groups in total. The van der Waals surface area contributed by atoms with Crippen LogP contribution in [0.15, 0.2) is 6.20 Å². The van der Waals surface area contributed by atoms with E-state index in [2.05, 4.69) is 4.98 Å². The van der Waals surface area contributed by atoms with Crippen LogP contribution in [-0.4, -0.2) is 4.98 Å². The number of alkyl halides is 2. The molecule has 0 aliphatic rings. The Morgan fingerprint density at radius 1 is 1.50 bits per heavy atom. The standard InChI is InChI=1S/C7H5ClF3N/c1-3-2-12-6(7(10)11)5(9)4(3)8/h2,7H,1H3. The van der Waals surface area contributed by atoms with Crippen LogP contribution >= 0.6 is 11.6 Å². The molecule has 1 nitrogen and oxygen atoms in total. The number of hydrogen-bond donors (Lipinski definition) is 0. The molecule has 0 spiro atoms. The zero-order valence-corrected chi connectivity index (χ0v) is 6.87. The molecule has 0 bridgehead atoms. The summed E-state index contributed by atoms with van der Waals surface area (Å²) < 4.78 is 36.8. The van der Waals surface area contributed by atoms with E-state index in [9.17, 15) is 13.2 Å². The molecule has 1 aromatic rings. The quantitative estimate of drug-likeness (QED) is 0.671. The molecule has 1 aromatic heterocycles. The zero-order chi connectivity index (χ0) is 9.30. The minimum absolute atomic E-state index is 0.291. The van der Waals surface area contributed by atoms with Gasteiger partial charge >= 0.3 is 0 Å². The molecule has 1 rings (SSSR count). The number of hydrogen-bond acceptors (Lipinski definition) is 1. The van der Waals surface area contributed by atoms with Crippen molar-refractivity contribution in [2.24, 2.45) is 0 Å². The van der Waals surface area contributed by atoms with Gasteiger partial charge in [0.2, 0.25) is 0 Å². The van der Waals surface area contributed by atoms with Gasteiger partial charge in [0.15, 0.2) is 5.82 Å². The van der Waals surface area contributed by atoms with Gasteiger partial charge in [-0.05, 0) is 12.5 Å². The van der Waals surface area contributed by atoms with Crippen LogP contribution in [0.2, 0.25) is 5.02 Å². The fourth-order valence-electron chi connectivity index (χ4n) is 0.717. The molecule has 0 unspecified atom stereocenters. The molecule has 0 saturated heterocycles. The van der Waals surface area contributed by atoms with E-state index in [0.29, 0.717) is 5.56 Å². The second kappa shape index (κ2) is 3.31. The topological polar surface area (TPSA) is 12.9 Å². The van der Waals surface area contributed by atoms with Crippen LogP contribution in [0.4, 0.5) is 13.2 Å². The van der Waals surface area contributed by atoms with E-state index in [4.69, 9.17) is 11.6 Å². The van der Waals surface area contributed by atoms with Gasteiger partial charge in [-0.1, -0.05) is 11.6 Å². The van der Waals surface area contributed by atoms with Gasteiger partial charge in [0, 0.05) is 6.20 Å². The molecule has 0 saturated carbocycles. The molecule has 0 amide bonds. The molecule has 12 heavy (non-hydrogen) atoms. The summed E-state index contributed by atoms with van der Waals surface area (Å²) in [5.74, 6) is -1.13. The van der Waals surface area contributed by atoms with Crippen molar-refractivity contribution >= 4 is 11.6 Å². The predicted molar refractivity (Wildman–Crippen MR) is 38.9 cm³/mol. The van der Waals surface area contributed by atoms with Gasteiger partial charge < -0.3 is 0 Å². The van der Waals surface area contributed by atoms with Crippen molar-refractivity contribution in [3.05, 3.63) is 28.3 Å². The van der Waals surface area contributed by atoms with Crippen LogP contribution in [0, 0.1) is 12.7 Å². The molecule has 0 fully saturated rings.